The van der Waals surface area contributed by atoms with Gasteiger partial charge in [0.25, 0.3) is 0 Å². The van der Waals surface area contributed by atoms with Crippen LogP contribution in [0.1, 0.15) is 5.69 Å². The molecule has 1 atom stereocenters. The minimum atomic E-state index is -0.807. The van der Waals surface area contributed by atoms with Crippen LogP contribution in [0.15, 0.2) is 12.1 Å². The molecule has 1 heterocycles. The zero-order valence-corrected chi connectivity index (χ0v) is 8.64. The summed E-state index contributed by atoms with van der Waals surface area (Å²) in [4.78, 5) is 10.9. The molecule has 0 aliphatic heterocycles. The van der Waals surface area contributed by atoms with E-state index in [1.54, 1.807) is 12.1 Å². The van der Waals surface area contributed by atoms with Crippen molar-refractivity contribution in [1.82, 2.24) is 10.2 Å². The third kappa shape index (κ3) is 3.51. The zero-order valence-electron chi connectivity index (χ0n) is 8.64. The fourth-order valence-electron chi connectivity index (χ4n) is 0.858. The maximum atomic E-state index is 10.9. The predicted molar refractivity (Wildman–Crippen MR) is 52.3 cm³/mol. The van der Waals surface area contributed by atoms with Crippen molar-refractivity contribution in [1.29, 1.82) is 0 Å². The topological polar surface area (TPSA) is 87.3 Å². The number of ether oxygens (including phenoxy) is 2. The molecule has 15 heavy (non-hydrogen) atoms. The normalized spacial score (nSPS) is 11.9. The Morgan fingerprint density at radius 1 is 1.53 bits per heavy atom. The van der Waals surface area contributed by atoms with Gasteiger partial charge in [-0.05, 0) is 13.0 Å². The molecule has 0 saturated heterocycles. The third-order valence-corrected chi connectivity index (χ3v) is 1.69. The molecule has 0 aliphatic carbocycles. The highest BCUT2D eigenvalue weighted by Gasteiger charge is 2.14. The van der Waals surface area contributed by atoms with Crippen LogP contribution in [0.3, 0.4) is 0 Å². The van der Waals surface area contributed by atoms with Crippen LogP contribution in [-0.4, -0.2) is 35.9 Å². The number of hydrogen-bond acceptors (Lipinski definition) is 6. The van der Waals surface area contributed by atoms with E-state index < -0.39 is 12.0 Å². The summed E-state index contributed by atoms with van der Waals surface area (Å²) in [5.74, 6) is -0.185. The van der Waals surface area contributed by atoms with E-state index in [0.29, 0.717) is 5.88 Å². The van der Waals surface area contributed by atoms with Crippen molar-refractivity contribution in [2.24, 2.45) is 5.73 Å². The van der Waals surface area contributed by atoms with Crippen LogP contribution in [0.25, 0.3) is 0 Å². The van der Waals surface area contributed by atoms with Crippen molar-refractivity contribution in [2.45, 2.75) is 13.0 Å². The number of aromatic nitrogens is 2. The van der Waals surface area contributed by atoms with E-state index in [0.717, 1.165) is 5.69 Å². The monoisotopic (exact) mass is 211 g/mol. The summed E-state index contributed by atoms with van der Waals surface area (Å²) in [7, 11) is 1.27. The standard InChI is InChI=1S/C9H13N3O3/c1-6-3-4-8(12-11-6)15-5-7(10)9(13)14-2/h3-4,7H,5,10H2,1-2H3. The van der Waals surface area contributed by atoms with Crippen LogP contribution >= 0.6 is 0 Å². The Bertz CT molecular complexity index is 326. The number of rotatable bonds is 4. The first kappa shape index (κ1) is 11.4. The number of hydrogen-bond donors (Lipinski definition) is 1. The highest BCUT2D eigenvalue weighted by Crippen LogP contribution is 2.04. The van der Waals surface area contributed by atoms with E-state index >= 15 is 0 Å². The van der Waals surface area contributed by atoms with Gasteiger partial charge in [-0.15, -0.1) is 5.10 Å². The fraction of sp³-hybridized carbons (Fsp3) is 0.444. The largest absolute Gasteiger partial charge is 0.474 e. The average molecular weight is 211 g/mol. The molecule has 1 aromatic heterocycles. The molecule has 1 aromatic rings. The number of methoxy groups -OCH3 is 1. The molecule has 82 valence electrons. The summed E-state index contributed by atoms with van der Waals surface area (Å²) in [6.07, 6.45) is 0. The van der Waals surface area contributed by atoms with Crippen LogP contribution < -0.4 is 10.5 Å². The minimum absolute atomic E-state index is 0.0183. The van der Waals surface area contributed by atoms with Gasteiger partial charge in [0.2, 0.25) is 5.88 Å². The van der Waals surface area contributed by atoms with Gasteiger partial charge in [0.05, 0.1) is 12.8 Å². The Morgan fingerprint density at radius 3 is 2.80 bits per heavy atom. The van der Waals surface area contributed by atoms with Gasteiger partial charge in [-0.1, -0.05) is 0 Å². The maximum Gasteiger partial charge on any atom is 0.326 e. The van der Waals surface area contributed by atoms with E-state index in [4.69, 9.17) is 10.5 Å². The highest BCUT2D eigenvalue weighted by molar-refractivity contribution is 5.75. The van der Waals surface area contributed by atoms with E-state index in [9.17, 15) is 4.79 Å². The second kappa shape index (κ2) is 5.26. The van der Waals surface area contributed by atoms with Crippen molar-refractivity contribution in [3.05, 3.63) is 17.8 Å². The van der Waals surface area contributed by atoms with Gasteiger partial charge in [0.15, 0.2) is 0 Å². The number of esters is 1. The fourth-order valence-corrected chi connectivity index (χ4v) is 0.858. The number of carbonyl (C=O) groups is 1. The molecule has 0 aromatic carbocycles. The molecule has 0 radical (unpaired) electrons. The Morgan fingerprint density at radius 2 is 2.27 bits per heavy atom. The molecular formula is C9H13N3O3. The molecule has 6 heteroatoms. The predicted octanol–water partition coefficient (Wildman–Crippen LogP) is -0.336. The van der Waals surface area contributed by atoms with Crippen LogP contribution in [0.4, 0.5) is 0 Å². The summed E-state index contributed by atoms with van der Waals surface area (Å²) in [5, 5.41) is 7.55. The molecule has 0 aliphatic rings. The first-order valence-corrected chi connectivity index (χ1v) is 4.40. The number of nitrogens with zero attached hydrogens (tertiary/aromatic N) is 2. The number of carbonyl (C=O) groups excluding carboxylic acids is 1. The zero-order chi connectivity index (χ0) is 11.3. The van der Waals surface area contributed by atoms with Gasteiger partial charge in [-0.25, -0.2) is 0 Å². The summed E-state index contributed by atoms with van der Waals surface area (Å²) >= 11 is 0. The van der Waals surface area contributed by atoms with Crippen LogP contribution in [0.2, 0.25) is 0 Å². The molecule has 0 spiro atoms. The van der Waals surface area contributed by atoms with E-state index in [2.05, 4.69) is 14.9 Å². The quantitative estimate of drug-likeness (QED) is 0.686. The van der Waals surface area contributed by atoms with E-state index in [-0.39, 0.29) is 6.61 Å². The molecule has 0 bridgehead atoms. The summed E-state index contributed by atoms with van der Waals surface area (Å²) in [5.41, 5.74) is 6.25. The molecule has 6 nitrogen and oxygen atoms in total. The second-order valence-corrected chi connectivity index (χ2v) is 2.95. The first-order chi connectivity index (χ1) is 7.13. The molecule has 1 rings (SSSR count). The Kier molecular flexibility index (Phi) is 3.99. The summed E-state index contributed by atoms with van der Waals surface area (Å²) in [6, 6.07) is 2.61. The smallest absolute Gasteiger partial charge is 0.326 e. The average Bonchev–Trinajstić information content (AvgIpc) is 2.26. The summed E-state index contributed by atoms with van der Waals surface area (Å²) in [6.45, 7) is 1.83. The first-order valence-electron chi connectivity index (χ1n) is 4.40. The SMILES string of the molecule is COC(=O)C(N)COc1ccc(C)nn1. The van der Waals surface area contributed by atoms with Gasteiger partial charge >= 0.3 is 5.97 Å². The highest BCUT2D eigenvalue weighted by atomic mass is 16.5. The van der Waals surface area contributed by atoms with Crippen LogP contribution in [-0.2, 0) is 9.53 Å². The van der Waals surface area contributed by atoms with Gasteiger partial charge < -0.3 is 15.2 Å². The second-order valence-electron chi connectivity index (χ2n) is 2.95. The lowest BCUT2D eigenvalue weighted by Crippen LogP contribution is -2.37. The lowest BCUT2D eigenvalue weighted by molar-refractivity contribution is -0.142. The van der Waals surface area contributed by atoms with E-state index in [1.165, 1.54) is 7.11 Å². The van der Waals surface area contributed by atoms with Crippen molar-refractivity contribution >= 4 is 5.97 Å². The minimum Gasteiger partial charge on any atom is -0.474 e. The Balaban J connectivity index is 2.43. The summed E-state index contributed by atoms with van der Waals surface area (Å²) < 4.78 is 9.59. The van der Waals surface area contributed by atoms with Crippen molar-refractivity contribution < 1.29 is 14.3 Å². The van der Waals surface area contributed by atoms with Crippen LogP contribution in [0.5, 0.6) is 5.88 Å². The van der Waals surface area contributed by atoms with Gasteiger partial charge in [-0.3, -0.25) is 4.79 Å². The lowest BCUT2D eigenvalue weighted by atomic mass is 10.3. The van der Waals surface area contributed by atoms with Gasteiger partial charge in [0.1, 0.15) is 12.6 Å². The number of nitrogens with two attached hydrogens (primary N) is 1. The van der Waals surface area contributed by atoms with Crippen molar-refractivity contribution in [3.8, 4) is 5.88 Å². The van der Waals surface area contributed by atoms with Gasteiger partial charge in [0, 0.05) is 6.07 Å². The third-order valence-electron chi connectivity index (χ3n) is 1.69. The van der Waals surface area contributed by atoms with Gasteiger partial charge in [-0.2, -0.15) is 5.10 Å². The maximum absolute atomic E-state index is 10.9. The van der Waals surface area contributed by atoms with Crippen molar-refractivity contribution in [3.63, 3.8) is 0 Å². The lowest BCUT2D eigenvalue weighted by Gasteiger charge is -2.09. The number of aryl methyl sites for hydroxylation is 1. The molecule has 1 unspecified atom stereocenters. The molecule has 0 saturated carbocycles. The van der Waals surface area contributed by atoms with Crippen LogP contribution in [0, 0.1) is 6.92 Å². The Labute approximate surface area is 87.4 Å². The molecule has 0 amide bonds. The molecule has 2 N–H and O–H groups in total. The molecule has 0 fully saturated rings. The molecular weight excluding hydrogens is 198 g/mol. The van der Waals surface area contributed by atoms with E-state index in [1.807, 2.05) is 6.92 Å². The Hall–Kier alpha value is -1.69. The van der Waals surface area contributed by atoms with Crippen molar-refractivity contribution in [2.75, 3.05) is 13.7 Å².